The molecule has 1 unspecified atom stereocenters. The Balaban J connectivity index is 1.73. The summed E-state index contributed by atoms with van der Waals surface area (Å²) in [6.45, 7) is 0.715. The lowest BCUT2D eigenvalue weighted by Crippen LogP contribution is -2.28. The first-order valence-electron chi connectivity index (χ1n) is 8.05. The predicted molar refractivity (Wildman–Crippen MR) is 94.8 cm³/mol. The number of fused-ring (bicyclic) bond motifs is 1. The first-order chi connectivity index (χ1) is 11.2. The zero-order valence-electron chi connectivity index (χ0n) is 12.9. The maximum absolute atomic E-state index is 10.0. The van der Waals surface area contributed by atoms with Gasteiger partial charge in [-0.2, -0.15) is 0 Å². The molecule has 1 aromatic carbocycles. The van der Waals surface area contributed by atoms with Crippen LogP contribution in [0.1, 0.15) is 24.8 Å². The molecule has 4 rings (SSSR count). The van der Waals surface area contributed by atoms with Crippen molar-refractivity contribution < 1.29 is 5.11 Å². The highest BCUT2D eigenvalue weighted by molar-refractivity contribution is 5.97. The van der Waals surface area contributed by atoms with Crippen molar-refractivity contribution in [2.45, 2.75) is 31.4 Å². The van der Waals surface area contributed by atoms with Crippen molar-refractivity contribution in [2.75, 3.05) is 17.6 Å². The molecule has 23 heavy (non-hydrogen) atoms. The molecule has 2 heterocycles. The molecule has 0 bridgehead atoms. The summed E-state index contributed by atoms with van der Waals surface area (Å²) in [5.74, 6) is 0.487. The lowest BCUT2D eigenvalue weighted by Gasteiger charge is -2.19. The fourth-order valence-corrected chi connectivity index (χ4v) is 3.41. The van der Waals surface area contributed by atoms with Crippen LogP contribution in [0.5, 0.6) is 0 Å². The summed E-state index contributed by atoms with van der Waals surface area (Å²) in [6, 6.07) is 8.16. The first-order valence-corrected chi connectivity index (χ1v) is 8.05. The van der Waals surface area contributed by atoms with E-state index < -0.39 is 0 Å². The molecule has 1 aromatic heterocycles. The number of rotatable bonds is 3. The number of hydrogen-bond acceptors (Lipinski definition) is 5. The third-order valence-corrected chi connectivity index (χ3v) is 4.66. The van der Waals surface area contributed by atoms with Gasteiger partial charge < -0.3 is 16.2 Å². The molecule has 0 saturated heterocycles. The Hall–Kier alpha value is -2.40. The maximum Gasteiger partial charge on any atom is 0.126 e. The van der Waals surface area contributed by atoms with Crippen molar-refractivity contribution in [3.63, 3.8) is 0 Å². The van der Waals surface area contributed by atoms with Gasteiger partial charge in [0.2, 0.25) is 0 Å². The molecule has 4 N–H and O–H groups in total. The van der Waals surface area contributed by atoms with Crippen LogP contribution in [0, 0.1) is 0 Å². The highest BCUT2D eigenvalue weighted by Gasteiger charge is 2.25. The van der Waals surface area contributed by atoms with E-state index in [2.05, 4.69) is 33.5 Å². The number of nitrogens with zero attached hydrogens (tertiary/aromatic N) is 2. The number of nitrogens with one attached hydrogen (secondary N) is 1. The SMILES string of the molecule is Nc1cc(NC2CCC[C@@H]2O)c2ccc(C3=CC=NC3)cc2n1. The van der Waals surface area contributed by atoms with Crippen LogP contribution in [0.3, 0.4) is 0 Å². The van der Waals surface area contributed by atoms with E-state index in [0.717, 1.165) is 41.4 Å². The molecular formula is C18H20N4O. The van der Waals surface area contributed by atoms with Gasteiger partial charge in [0.1, 0.15) is 5.82 Å². The molecule has 0 spiro atoms. The van der Waals surface area contributed by atoms with E-state index in [1.807, 2.05) is 18.4 Å². The molecule has 2 atom stereocenters. The Labute approximate surface area is 134 Å². The molecule has 1 saturated carbocycles. The largest absolute Gasteiger partial charge is 0.391 e. The number of anilines is 2. The molecule has 118 valence electrons. The Morgan fingerprint density at radius 2 is 2.13 bits per heavy atom. The topological polar surface area (TPSA) is 83.5 Å². The first kappa shape index (κ1) is 14.2. The number of aromatic nitrogens is 1. The summed E-state index contributed by atoms with van der Waals surface area (Å²) < 4.78 is 0. The maximum atomic E-state index is 10.0. The monoisotopic (exact) mass is 308 g/mol. The van der Waals surface area contributed by atoms with E-state index >= 15 is 0 Å². The number of aliphatic hydroxyl groups is 1. The van der Waals surface area contributed by atoms with Gasteiger partial charge in [-0.05, 0) is 42.5 Å². The molecule has 0 radical (unpaired) electrons. The summed E-state index contributed by atoms with van der Waals surface area (Å²) in [5, 5.41) is 14.5. The second kappa shape index (κ2) is 5.66. The smallest absolute Gasteiger partial charge is 0.126 e. The van der Waals surface area contributed by atoms with E-state index in [0.29, 0.717) is 12.4 Å². The molecule has 1 fully saturated rings. The van der Waals surface area contributed by atoms with Gasteiger partial charge in [-0.25, -0.2) is 4.98 Å². The number of pyridine rings is 1. The van der Waals surface area contributed by atoms with Gasteiger partial charge in [0.15, 0.2) is 0 Å². The fourth-order valence-electron chi connectivity index (χ4n) is 3.41. The predicted octanol–water partition coefficient (Wildman–Crippen LogP) is 2.61. The zero-order valence-corrected chi connectivity index (χ0v) is 12.9. The highest BCUT2D eigenvalue weighted by atomic mass is 16.3. The molecule has 2 aromatic rings. The third-order valence-electron chi connectivity index (χ3n) is 4.66. The van der Waals surface area contributed by atoms with Crippen molar-refractivity contribution >= 4 is 34.2 Å². The van der Waals surface area contributed by atoms with Gasteiger partial charge >= 0.3 is 0 Å². The number of aliphatic imine (C=N–C) groups is 1. The molecule has 1 aliphatic carbocycles. The molecule has 5 heteroatoms. The van der Waals surface area contributed by atoms with Crippen LogP contribution < -0.4 is 11.1 Å². The third kappa shape index (κ3) is 2.68. The van der Waals surface area contributed by atoms with Crippen LogP contribution in [0.15, 0.2) is 35.3 Å². The van der Waals surface area contributed by atoms with Gasteiger partial charge in [-0.1, -0.05) is 12.1 Å². The van der Waals surface area contributed by atoms with E-state index in [4.69, 9.17) is 5.73 Å². The second-order valence-electron chi connectivity index (χ2n) is 6.26. The lowest BCUT2D eigenvalue weighted by atomic mass is 10.0. The lowest BCUT2D eigenvalue weighted by molar-refractivity contribution is 0.172. The minimum atomic E-state index is -0.292. The molecular weight excluding hydrogens is 288 g/mol. The van der Waals surface area contributed by atoms with Gasteiger partial charge in [-0.15, -0.1) is 0 Å². The summed E-state index contributed by atoms with van der Waals surface area (Å²) >= 11 is 0. The summed E-state index contributed by atoms with van der Waals surface area (Å²) in [5.41, 5.74) is 10.1. The summed E-state index contributed by atoms with van der Waals surface area (Å²) in [4.78, 5) is 8.70. The summed E-state index contributed by atoms with van der Waals surface area (Å²) in [7, 11) is 0. The van der Waals surface area contributed by atoms with Gasteiger partial charge in [0.25, 0.3) is 0 Å². The van der Waals surface area contributed by atoms with Crippen LogP contribution in [0.2, 0.25) is 0 Å². The van der Waals surface area contributed by atoms with Crippen LogP contribution in [0.4, 0.5) is 11.5 Å². The van der Waals surface area contributed by atoms with Crippen molar-refractivity contribution in [1.82, 2.24) is 4.98 Å². The quantitative estimate of drug-likeness (QED) is 0.814. The van der Waals surface area contributed by atoms with Crippen LogP contribution in [-0.4, -0.2) is 35.0 Å². The zero-order chi connectivity index (χ0) is 15.8. The number of aliphatic hydroxyl groups excluding tert-OH is 1. The standard InChI is InChI=1S/C18H20N4O/c19-18-9-16(21-14-2-1-3-17(14)23)13-5-4-11(8-15(13)22-18)12-6-7-20-10-12/h4-9,14,17,23H,1-3,10H2,(H3,19,21,22)/t14?,17-/m0/s1. The molecule has 0 amide bonds. The molecule has 5 nitrogen and oxygen atoms in total. The normalized spacial score (nSPS) is 23.4. The average molecular weight is 308 g/mol. The average Bonchev–Trinajstić information content (AvgIpc) is 3.19. The van der Waals surface area contributed by atoms with Crippen molar-refractivity contribution in [3.8, 4) is 0 Å². The molecule has 1 aliphatic heterocycles. The van der Waals surface area contributed by atoms with Crippen molar-refractivity contribution in [1.29, 1.82) is 0 Å². The van der Waals surface area contributed by atoms with E-state index in [1.165, 1.54) is 5.57 Å². The highest BCUT2D eigenvalue weighted by Crippen LogP contribution is 2.31. The Kier molecular flexibility index (Phi) is 3.50. The Morgan fingerprint density at radius 3 is 2.87 bits per heavy atom. The number of allylic oxidation sites excluding steroid dienone is 1. The molecule has 2 aliphatic rings. The number of benzene rings is 1. The van der Waals surface area contributed by atoms with E-state index in [9.17, 15) is 5.11 Å². The van der Waals surface area contributed by atoms with Crippen LogP contribution in [0.25, 0.3) is 16.5 Å². The van der Waals surface area contributed by atoms with Gasteiger partial charge in [0, 0.05) is 23.4 Å². The number of nitrogens with two attached hydrogens (primary N) is 1. The fraction of sp³-hybridized carbons (Fsp3) is 0.333. The second-order valence-corrected chi connectivity index (χ2v) is 6.26. The number of hydrogen-bond donors (Lipinski definition) is 3. The van der Waals surface area contributed by atoms with Crippen molar-refractivity contribution in [3.05, 3.63) is 35.9 Å². The minimum absolute atomic E-state index is 0.0885. The summed E-state index contributed by atoms with van der Waals surface area (Å²) in [6.07, 6.45) is 6.46. The number of nitrogen functional groups attached to an aromatic ring is 1. The minimum Gasteiger partial charge on any atom is -0.391 e. The van der Waals surface area contributed by atoms with Crippen LogP contribution >= 0.6 is 0 Å². The van der Waals surface area contributed by atoms with Crippen LogP contribution in [-0.2, 0) is 0 Å². The van der Waals surface area contributed by atoms with Crippen molar-refractivity contribution in [2.24, 2.45) is 4.99 Å². The van der Waals surface area contributed by atoms with E-state index in [1.54, 1.807) is 0 Å². The Morgan fingerprint density at radius 1 is 1.22 bits per heavy atom. The Bertz CT molecular complexity index is 812. The van der Waals surface area contributed by atoms with E-state index in [-0.39, 0.29) is 12.1 Å². The van der Waals surface area contributed by atoms with Gasteiger partial charge in [-0.3, -0.25) is 4.99 Å². The van der Waals surface area contributed by atoms with Gasteiger partial charge in [0.05, 0.1) is 24.2 Å².